The van der Waals surface area contributed by atoms with Crippen LogP contribution in [0.4, 0.5) is 17.1 Å². The molecule has 3 nitrogen and oxygen atoms in total. The second-order valence-electron chi connectivity index (χ2n) is 14.0. The molecular weight excluding hydrogens is 681 g/mol. The summed E-state index contributed by atoms with van der Waals surface area (Å²) in [6, 6.07) is 77.1. The van der Waals surface area contributed by atoms with E-state index >= 15 is 0 Å². The molecular formula is C53H36N2O. The summed E-state index contributed by atoms with van der Waals surface area (Å²) in [4.78, 5) is 7.41. The lowest BCUT2D eigenvalue weighted by molar-refractivity contribution is 0.620. The third-order valence-corrected chi connectivity index (χ3v) is 10.5. The lowest BCUT2D eigenvalue weighted by Crippen LogP contribution is -2.10. The van der Waals surface area contributed by atoms with E-state index in [1.165, 1.54) is 27.8 Å². The third kappa shape index (κ3) is 6.31. The number of nitrogens with zero attached hydrogens (tertiary/aromatic N) is 2. The van der Waals surface area contributed by atoms with Gasteiger partial charge in [-0.25, -0.2) is 4.98 Å². The minimum atomic E-state index is 0.617. The average Bonchev–Trinajstić information content (AvgIpc) is 3.73. The van der Waals surface area contributed by atoms with Gasteiger partial charge in [0.25, 0.3) is 0 Å². The van der Waals surface area contributed by atoms with Gasteiger partial charge in [-0.3, -0.25) is 0 Å². The maximum absolute atomic E-state index is 6.36. The van der Waals surface area contributed by atoms with E-state index in [2.05, 4.69) is 217 Å². The van der Waals surface area contributed by atoms with Gasteiger partial charge in [-0.05, 0) is 111 Å². The van der Waals surface area contributed by atoms with Gasteiger partial charge in [-0.1, -0.05) is 158 Å². The highest BCUT2D eigenvalue weighted by Crippen LogP contribution is 2.41. The minimum Gasteiger partial charge on any atom is -0.436 e. The predicted molar refractivity (Wildman–Crippen MR) is 233 cm³/mol. The van der Waals surface area contributed by atoms with Crippen LogP contribution in [-0.4, -0.2) is 4.98 Å². The lowest BCUT2D eigenvalue weighted by Gasteiger charge is -2.27. The van der Waals surface area contributed by atoms with Crippen LogP contribution in [0.1, 0.15) is 0 Å². The fraction of sp³-hybridized carbons (Fsp3) is 0. The Hall–Kier alpha value is -7.49. The Kier molecular flexibility index (Phi) is 8.51. The van der Waals surface area contributed by atoms with E-state index < -0.39 is 0 Å². The lowest BCUT2D eigenvalue weighted by atomic mass is 9.97. The highest BCUT2D eigenvalue weighted by atomic mass is 16.3. The van der Waals surface area contributed by atoms with Gasteiger partial charge in [0.2, 0.25) is 5.89 Å². The molecule has 264 valence electrons. The Bertz CT molecular complexity index is 2930. The van der Waals surface area contributed by atoms with Gasteiger partial charge in [0.1, 0.15) is 5.52 Å². The smallest absolute Gasteiger partial charge is 0.227 e. The Morgan fingerprint density at radius 3 is 1.43 bits per heavy atom. The quantitative estimate of drug-likeness (QED) is 0.157. The molecule has 0 aliphatic rings. The number of anilines is 3. The van der Waals surface area contributed by atoms with Crippen LogP contribution in [0.5, 0.6) is 0 Å². The van der Waals surface area contributed by atoms with Crippen molar-refractivity contribution in [3.05, 3.63) is 218 Å². The first-order valence-electron chi connectivity index (χ1n) is 18.9. The van der Waals surface area contributed by atoms with Gasteiger partial charge in [0.15, 0.2) is 5.58 Å². The molecule has 1 aromatic heterocycles. The maximum atomic E-state index is 6.36. The van der Waals surface area contributed by atoms with Crippen molar-refractivity contribution >= 4 is 38.9 Å². The summed E-state index contributed by atoms with van der Waals surface area (Å²) in [5.74, 6) is 0.617. The second-order valence-corrected chi connectivity index (χ2v) is 14.0. The molecule has 0 fully saturated rings. The molecule has 0 N–H and O–H groups in total. The third-order valence-electron chi connectivity index (χ3n) is 10.5. The monoisotopic (exact) mass is 716 g/mol. The maximum Gasteiger partial charge on any atom is 0.227 e. The van der Waals surface area contributed by atoms with Gasteiger partial charge in [-0.2, -0.15) is 0 Å². The molecule has 0 unspecified atom stereocenters. The van der Waals surface area contributed by atoms with Gasteiger partial charge < -0.3 is 9.32 Å². The molecule has 0 bridgehead atoms. The highest BCUT2D eigenvalue weighted by molar-refractivity contribution is 6.09. The van der Waals surface area contributed by atoms with Crippen LogP contribution in [-0.2, 0) is 0 Å². The van der Waals surface area contributed by atoms with E-state index in [4.69, 9.17) is 9.40 Å². The molecule has 0 spiro atoms. The summed E-state index contributed by atoms with van der Waals surface area (Å²) in [6.45, 7) is 0. The molecule has 0 saturated carbocycles. The SMILES string of the molecule is c1ccc(-c2ccc(-c3nc4c(ccc5c(-c6cccc(N(c7ccc(-c8ccccc8)cc7)c7cccc(-c8ccccc8)c7)c6)cccc54)o3)cc2)cc1. The molecule has 1 heterocycles. The molecule has 10 aromatic rings. The van der Waals surface area contributed by atoms with E-state index in [0.717, 1.165) is 61.2 Å². The fourth-order valence-corrected chi connectivity index (χ4v) is 7.71. The first-order chi connectivity index (χ1) is 27.7. The summed E-state index contributed by atoms with van der Waals surface area (Å²) in [5, 5.41) is 2.19. The van der Waals surface area contributed by atoms with Crippen molar-refractivity contribution in [3.8, 4) is 56.0 Å². The van der Waals surface area contributed by atoms with Crippen molar-refractivity contribution in [2.24, 2.45) is 0 Å². The zero-order valence-electron chi connectivity index (χ0n) is 30.6. The van der Waals surface area contributed by atoms with Crippen LogP contribution in [0.25, 0.3) is 77.8 Å². The summed E-state index contributed by atoms with van der Waals surface area (Å²) >= 11 is 0. The molecule has 0 amide bonds. The van der Waals surface area contributed by atoms with Crippen LogP contribution in [0.3, 0.4) is 0 Å². The molecule has 0 radical (unpaired) electrons. The Morgan fingerprint density at radius 2 is 0.804 bits per heavy atom. The highest BCUT2D eigenvalue weighted by Gasteiger charge is 2.17. The Balaban J connectivity index is 1.05. The predicted octanol–water partition coefficient (Wildman–Crippen LogP) is 14.8. The van der Waals surface area contributed by atoms with Crippen molar-refractivity contribution in [2.45, 2.75) is 0 Å². The van der Waals surface area contributed by atoms with Crippen LogP contribution in [0.2, 0.25) is 0 Å². The summed E-state index contributed by atoms with van der Waals surface area (Å²) in [7, 11) is 0. The average molecular weight is 717 g/mol. The summed E-state index contributed by atoms with van der Waals surface area (Å²) < 4.78 is 6.36. The van der Waals surface area contributed by atoms with Crippen LogP contribution in [0, 0.1) is 0 Å². The van der Waals surface area contributed by atoms with Crippen molar-refractivity contribution in [1.82, 2.24) is 4.98 Å². The summed E-state index contributed by atoms with van der Waals surface area (Å²) in [6.07, 6.45) is 0. The molecule has 0 aliphatic heterocycles. The van der Waals surface area contributed by atoms with Crippen molar-refractivity contribution in [1.29, 1.82) is 0 Å². The number of hydrogen-bond acceptors (Lipinski definition) is 3. The topological polar surface area (TPSA) is 29.3 Å². The van der Waals surface area contributed by atoms with Gasteiger partial charge >= 0.3 is 0 Å². The Morgan fingerprint density at radius 1 is 0.321 bits per heavy atom. The van der Waals surface area contributed by atoms with Crippen LogP contribution < -0.4 is 4.90 Å². The molecule has 3 heteroatoms. The zero-order valence-corrected chi connectivity index (χ0v) is 30.6. The van der Waals surface area contributed by atoms with E-state index in [0.29, 0.717) is 5.89 Å². The Labute approximate surface area is 326 Å². The molecule has 0 atom stereocenters. The first-order valence-corrected chi connectivity index (χ1v) is 18.9. The van der Waals surface area contributed by atoms with E-state index in [1.54, 1.807) is 0 Å². The number of fused-ring (bicyclic) bond motifs is 3. The van der Waals surface area contributed by atoms with E-state index in [9.17, 15) is 0 Å². The standard InChI is InChI=1S/C53H36N2O/c1-4-13-37(14-5-1)40-25-27-42(28-26-40)53-54-52-50-24-12-23-48(49(50)33-34-51(52)56-53)44-20-11-22-47(36-44)55(45-31-29-41(30-32-45)38-15-6-2-7-16-38)46-21-10-19-43(35-46)39-17-8-3-9-18-39/h1-36H. The van der Waals surface area contributed by atoms with E-state index in [1.807, 2.05) is 6.07 Å². The van der Waals surface area contributed by atoms with E-state index in [-0.39, 0.29) is 0 Å². The number of hydrogen-bond donors (Lipinski definition) is 0. The fourth-order valence-electron chi connectivity index (χ4n) is 7.71. The molecule has 56 heavy (non-hydrogen) atoms. The largest absolute Gasteiger partial charge is 0.436 e. The summed E-state index contributed by atoms with van der Waals surface area (Å²) in [5.41, 5.74) is 15.2. The second kappa shape index (κ2) is 14.4. The normalized spacial score (nSPS) is 11.2. The molecule has 0 saturated heterocycles. The number of aromatic nitrogens is 1. The van der Waals surface area contributed by atoms with Gasteiger partial charge in [-0.15, -0.1) is 0 Å². The number of rotatable bonds is 8. The van der Waals surface area contributed by atoms with Gasteiger partial charge in [0, 0.05) is 28.0 Å². The van der Waals surface area contributed by atoms with Crippen LogP contribution in [0.15, 0.2) is 223 Å². The molecule has 10 rings (SSSR count). The zero-order chi connectivity index (χ0) is 37.3. The molecule has 9 aromatic carbocycles. The first kappa shape index (κ1) is 33.1. The van der Waals surface area contributed by atoms with Crippen molar-refractivity contribution < 1.29 is 4.42 Å². The van der Waals surface area contributed by atoms with Crippen molar-refractivity contribution in [3.63, 3.8) is 0 Å². The van der Waals surface area contributed by atoms with Crippen molar-refractivity contribution in [2.75, 3.05) is 4.90 Å². The molecule has 0 aliphatic carbocycles. The minimum absolute atomic E-state index is 0.617. The van der Waals surface area contributed by atoms with Crippen LogP contribution >= 0.6 is 0 Å². The number of benzene rings is 9. The number of oxazole rings is 1. The van der Waals surface area contributed by atoms with Gasteiger partial charge in [0.05, 0.1) is 0 Å².